The van der Waals surface area contributed by atoms with Crippen LogP contribution < -0.4 is 5.32 Å². The molecule has 0 saturated carbocycles. The number of nitrogens with zero attached hydrogens (tertiary/aromatic N) is 1. The molecule has 0 heterocycles. The molecule has 1 atom stereocenters. The van der Waals surface area contributed by atoms with Crippen molar-refractivity contribution in [3.8, 4) is 0 Å². The fourth-order valence-corrected chi connectivity index (χ4v) is 2.50. The summed E-state index contributed by atoms with van der Waals surface area (Å²) in [7, 11) is 1.79. The molecular weight excluding hydrogens is 224 g/mol. The number of rotatable bonds is 12. The number of nitrogens with one attached hydrogen (secondary N) is 1. The van der Waals surface area contributed by atoms with E-state index in [-0.39, 0.29) is 0 Å². The first-order chi connectivity index (χ1) is 8.71. The third-order valence-corrected chi connectivity index (χ3v) is 3.70. The molecule has 18 heavy (non-hydrogen) atoms. The number of ether oxygens (including phenoxy) is 1. The standard InChI is InChI=1S/C15H34N2O/c1-6-10-16-11-9-14(4)17(12-13-18-5)15(7-2)8-3/h14-16H,6-13H2,1-5H3. The Labute approximate surface area is 114 Å². The summed E-state index contributed by atoms with van der Waals surface area (Å²) in [5.74, 6) is 0. The summed E-state index contributed by atoms with van der Waals surface area (Å²) in [4.78, 5) is 2.62. The van der Waals surface area contributed by atoms with Crippen molar-refractivity contribution in [1.82, 2.24) is 10.2 Å². The normalized spacial score (nSPS) is 13.5. The van der Waals surface area contributed by atoms with Crippen LogP contribution in [0.25, 0.3) is 0 Å². The maximum Gasteiger partial charge on any atom is 0.0589 e. The van der Waals surface area contributed by atoms with Crippen LogP contribution in [0.1, 0.15) is 53.4 Å². The van der Waals surface area contributed by atoms with E-state index in [1.165, 1.54) is 25.7 Å². The second kappa shape index (κ2) is 11.9. The van der Waals surface area contributed by atoms with E-state index < -0.39 is 0 Å². The van der Waals surface area contributed by atoms with E-state index in [0.29, 0.717) is 12.1 Å². The molecule has 1 N–H and O–H groups in total. The molecule has 0 aliphatic carbocycles. The van der Waals surface area contributed by atoms with Crippen molar-refractivity contribution < 1.29 is 4.74 Å². The highest BCUT2D eigenvalue weighted by atomic mass is 16.5. The van der Waals surface area contributed by atoms with Gasteiger partial charge in [0.05, 0.1) is 6.61 Å². The van der Waals surface area contributed by atoms with E-state index in [0.717, 1.165) is 26.2 Å². The molecule has 0 amide bonds. The molecule has 0 spiro atoms. The SMILES string of the molecule is CCCNCCC(C)N(CCOC)C(CC)CC. The van der Waals surface area contributed by atoms with Crippen LogP contribution in [0, 0.1) is 0 Å². The maximum absolute atomic E-state index is 5.25. The molecule has 0 aliphatic heterocycles. The van der Waals surface area contributed by atoms with Gasteiger partial charge in [-0.3, -0.25) is 4.90 Å². The summed E-state index contributed by atoms with van der Waals surface area (Å²) in [5, 5.41) is 3.49. The van der Waals surface area contributed by atoms with Crippen molar-refractivity contribution in [3.63, 3.8) is 0 Å². The molecule has 0 radical (unpaired) electrons. The van der Waals surface area contributed by atoms with Crippen LogP contribution in [0.2, 0.25) is 0 Å². The lowest BCUT2D eigenvalue weighted by Crippen LogP contribution is -2.44. The zero-order valence-corrected chi connectivity index (χ0v) is 13.2. The molecule has 0 aromatic carbocycles. The molecule has 0 rings (SSSR count). The summed E-state index contributed by atoms with van der Waals surface area (Å²) < 4.78 is 5.25. The van der Waals surface area contributed by atoms with Gasteiger partial charge in [-0.15, -0.1) is 0 Å². The summed E-state index contributed by atoms with van der Waals surface area (Å²) >= 11 is 0. The smallest absolute Gasteiger partial charge is 0.0589 e. The molecule has 3 heteroatoms. The molecule has 0 saturated heterocycles. The van der Waals surface area contributed by atoms with Crippen LogP contribution in [0.15, 0.2) is 0 Å². The average Bonchev–Trinajstić information content (AvgIpc) is 2.39. The number of methoxy groups -OCH3 is 1. The van der Waals surface area contributed by atoms with Gasteiger partial charge in [-0.1, -0.05) is 20.8 Å². The van der Waals surface area contributed by atoms with Crippen LogP contribution in [0.3, 0.4) is 0 Å². The topological polar surface area (TPSA) is 24.5 Å². The fourth-order valence-electron chi connectivity index (χ4n) is 2.50. The van der Waals surface area contributed by atoms with Crippen molar-refractivity contribution in [1.29, 1.82) is 0 Å². The van der Waals surface area contributed by atoms with Crippen LogP contribution in [-0.2, 0) is 4.74 Å². The largest absolute Gasteiger partial charge is 0.383 e. The third kappa shape index (κ3) is 7.34. The minimum absolute atomic E-state index is 0.634. The van der Waals surface area contributed by atoms with Gasteiger partial charge in [0.1, 0.15) is 0 Å². The predicted octanol–water partition coefficient (Wildman–Crippen LogP) is 2.90. The Morgan fingerprint density at radius 3 is 2.28 bits per heavy atom. The quantitative estimate of drug-likeness (QED) is 0.545. The molecule has 0 aliphatic rings. The van der Waals surface area contributed by atoms with Gasteiger partial charge in [-0.2, -0.15) is 0 Å². The van der Waals surface area contributed by atoms with E-state index in [9.17, 15) is 0 Å². The van der Waals surface area contributed by atoms with Crippen molar-refractivity contribution >= 4 is 0 Å². The van der Waals surface area contributed by atoms with Gasteiger partial charge in [-0.25, -0.2) is 0 Å². The number of hydrogen-bond acceptors (Lipinski definition) is 3. The van der Waals surface area contributed by atoms with Gasteiger partial charge in [0.2, 0.25) is 0 Å². The Hall–Kier alpha value is -0.120. The Morgan fingerprint density at radius 1 is 1.11 bits per heavy atom. The highest BCUT2D eigenvalue weighted by Crippen LogP contribution is 2.14. The minimum Gasteiger partial charge on any atom is -0.383 e. The van der Waals surface area contributed by atoms with E-state index >= 15 is 0 Å². The fraction of sp³-hybridized carbons (Fsp3) is 1.00. The molecule has 0 bridgehead atoms. The predicted molar refractivity (Wildman–Crippen MR) is 80.2 cm³/mol. The lowest BCUT2D eigenvalue weighted by Gasteiger charge is -2.35. The maximum atomic E-state index is 5.25. The van der Waals surface area contributed by atoms with Crippen molar-refractivity contribution in [2.75, 3.05) is 33.4 Å². The zero-order chi connectivity index (χ0) is 13.8. The van der Waals surface area contributed by atoms with Gasteiger partial charge in [0, 0.05) is 25.7 Å². The Kier molecular flexibility index (Phi) is 11.9. The van der Waals surface area contributed by atoms with Crippen LogP contribution in [0.5, 0.6) is 0 Å². The molecule has 0 aromatic heterocycles. The minimum atomic E-state index is 0.634. The van der Waals surface area contributed by atoms with Crippen LogP contribution in [0.4, 0.5) is 0 Å². The zero-order valence-electron chi connectivity index (χ0n) is 13.2. The van der Waals surface area contributed by atoms with Crippen molar-refractivity contribution in [2.45, 2.75) is 65.5 Å². The van der Waals surface area contributed by atoms with Gasteiger partial charge in [0.15, 0.2) is 0 Å². The highest BCUT2D eigenvalue weighted by molar-refractivity contribution is 4.75. The van der Waals surface area contributed by atoms with Crippen molar-refractivity contribution in [2.24, 2.45) is 0 Å². The van der Waals surface area contributed by atoms with Crippen LogP contribution in [-0.4, -0.2) is 50.3 Å². The van der Waals surface area contributed by atoms with Gasteiger partial charge < -0.3 is 10.1 Å². The first-order valence-corrected chi connectivity index (χ1v) is 7.66. The van der Waals surface area contributed by atoms with Gasteiger partial charge >= 0.3 is 0 Å². The Balaban J connectivity index is 4.16. The molecule has 0 fully saturated rings. The number of hydrogen-bond donors (Lipinski definition) is 1. The summed E-state index contributed by atoms with van der Waals surface area (Å²) in [6.45, 7) is 13.3. The van der Waals surface area contributed by atoms with Gasteiger partial charge in [-0.05, 0) is 45.7 Å². The summed E-state index contributed by atoms with van der Waals surface area (Å²) in [5.41, 5.74) is 0. The summed E-state index contributed by atoms with van der Waals surface area (Å²) in [6, 6.07) is 1.33. The molecule has 1 unspecified atom stereocenters. The van der Waals surface area contributed by atoms with Crippen LogP contribution >= 0.6 is 0 Å². The van der Waals surface area contributed by atoms with E-state index in [4.69, 9.17) is 4.74 Å². The lowest BCUT2D eigenvalue weighted by molar-refractivity contribution is 0.0823. The van der Waals surface area contributed by atoms with Crippen molar-refractivity contribution in [3.05, 3.63) is 0 Å². The molecule has 3 nitrogen and oxygen atoms in total. The van der Waals surface area contributed by atoms with E-state index in [1.807, 2.05) is 0 Å². The summed E-state index contributed by atoms with van der Waals surface area (Å²) in [6.07, 6.45) is 4.90. The average molecular weight is 258 g/mol. The first kappa shape index (κ1) is 17.9. The second-order valence-electron chi connectivity index (χ2n) is 5.09. The first-order valence-electron chi connectivity index (χ1n) is 7.66. The molecule has 110 valence electrons. The van der Waals surface area contributed by atoms with E-state index in [1.54, 1.807) is 7.11 Å². The second-order valence-corrected chi connectivity index (χ2v) is 5.09. The highest BCUT2D eigenvalue weighted by Gasteiger charge is 2.20. The van der Waals surface area contributed by atoms with E-state index in [2.05, 4.69) is 37.9 Å². The lowest BCUT2D eigenvalue weighted by atomic mass is 10.1. The Morgan fingerprint density at radius 2 is 1.78 bits per heavy atom. The molecular formula is C15H34N2O. The monoisotopic (exact) mass is 258 g/mol. The Bertz CT molecular complexity index is 172. The van der Waals surface area contributed by atoms with Gasteiger partial charge in [0.25, 0.3) is 0 Å². The third-order valence-electron chi connectivity index (χ3n) is 3.70. The molecule has 0 aromatic rings.